The topological polar surface area (TPSA) is 66.1 Å². The van der Waals surface area contributed by atoms with Crippen LogP contribution in [0, 0.1) is 11.3 Å². The van der Waals surface area contributed by atoms with Crippen LogP contribution in [0.4, 0.5) is 5.69 Å². The zero-order valence-electron chi connectivity index (χ0n) is 14.5. The molecule has 2 aliphatic rings. The number of hydrogen-bond donors (Lipinski definition) is 1. The zero-order chi connectivity index (χ0) is 17.3. The minimum Gasteiger partial charge on any atom is -0.380 e. The van der Waals surface area contributed by atoms with Crippen LogP contribution in [-0.2, 0) is 18.3 Å². The van der Waals surface area contributed by atoms with Crippen molar-refractivity contribution in [1.82, 2.24) is 14.5 Å². The van der Waals surface area contributed by atoms with E-state index in [0.29, 0.717) is 18.2 Å². The smallest absolute Gasteiger partial charge is 0.122 e. The number of aryl methyl sites for hydroxylation is 1. The van der Waals surface area contributed by atoms with Gasteiger partial charge in [0.2, 0.25) is 0 Å². The van der Waals surface area contributed by atoms with Gasteiger partial charge in [-0.15, -0.1) is 0 Å². The van der Waals surface area contributed by atoms with Gasteiger partial charge in [0.1, 0.15) is 5.82 Å². The highest BCUT2D eigenvalue weighted by atomic mass is 16.5. The highest BCUT2D eigenvalue weighted by Gasteiger charge is 2.45. The lowest BCUT2D eigenvalue weighted by Crippen LogP contribution is -2.33. The first-order chi connectivity index (χ1) is 12.2. The molecule has 1 spiro atoms. The van der Waals surface area contributed by atoms with Gasteiger partial charge in [0.25, 0.3) is 0 Å². The summed E-state index contributed by atoms with van der Waals surface area (Å²) in [6.07, 6.45) is 5.90. The fourth-order valence-corrected chi connectivity index (χ4v) is 3.95. The molecule has 2 aromatic rings. The molecule has 0 bridgehead atoms. The molecule has 2 atom stereocenters. The summed E-state index contributed by atoms with van der Waals surface area (Å²) in [7, 11) is 2.04. The maximum atomic E-state index is 9.03. The number of anilines is 1. The Bertz CT molecular complexity index is 795. The van der Waals surface area contributed by atoms with Crippen LogP contribution in [0.3, 0.4) is 0 Å². The molecule has 6 nitrogen and oxygen atoms in total. The molecule has 1 aromatic heterocycles. The summed E-state index contributed by atoms with van der Waals surface area (Å²) >= 11 is 0. The molecule has 0 saturated carbocycles. The number of ether oxygens (including phenoxy) is 1. The van der Waals surface area contributed by atoms with Crippen LogP contribution in [0.1, 0.15) is 24.2 Å². The molecule has 4 rings (SSSR count). The highest BCUT2D eigenvalue weighted by molar-refractivity contribution is 5.50. The van der Waals surface area contributed by atoms with Gasteiger partial charge in [-0.3, -0.25) is 4.90 Å². The monoisotopic (exact) mass is 337 g/mol. The average molecular weight is 337 g/mol. The number of hydrogen-bond acceptors (Lipinski definition) is 5. The Morgan fingerprint density at radius 1 is 1.48 bits per heavy atom. The molecule has 25 heavy (non-hydrogen) atoms. The van der Waals surface area contributed by atoms with Crippen LogP contribution in [-0.4, -0.2) is 45.8 Å². The molecule has 1 N–H and O–H groups in total. The summed E-state index contributed by atoms with van der Waals surface area (Å²) in [6.45, 7) is 3.59. The maximum absolute atomic E-state index is 9.03. The van der Waals surface area contributed by atoms with Crippen LogP contribution in [0.2, 0.25) is 0 Å². The van der Waals surface area contributed by atoms with E-state index in [1.54, 1.807) is 0 Å². The van der Waals surface area contributed by atoms with Crippen molar-refractivity contribution in [2.75, 3.05) is 25.0 Å². The van der Waals surface area contributed by atoms with Gasteiger partial charge >= 0.3 is 0 Å². The van der Waals surface area contributed by atoms with Gasteiger partial charge in [-0.05, 0) is 24.6 Å². The first kappa shape index (κ1) is 16.1. The number of aromatic nitrogens is 2. The fourth-order valence-electron chi connectivity index (χ4n) is 3.95. The zero-order valence-corrected chi connectivity index (χ0v) is 14.5. The second-order valence-electron chi connectivity index (χ2n) is 7.15. The molecule has 2 saturated heterocycles. The van der Waals surface area contributed by atoms with Gasteiger partial charge in [0.15, 0.2) is 0 Å². The standard InChI is InChI=1S/C19H23N5O/c1-23-8-6-21-18(23)12-24-7-5-19(14-24)10-17(13-25-19)22-16-4-2-3-15(9-16)11-20/h2-4,6,8-9,17,22H,5,7,10,12-14H2,1H3/t17-,19-/m1/s1. The van der Waals surface area contributed by atoms with Crippen molar-refractivity contribution >= 4 is 5.69 Å². The van der Waals surface area contributed by atoms with Gasteiger partial charge in [0, 0.05) is 44.6 Å². The summed E-state index contributed by atoms with van der Waals surface area (Å²) in [5.41, 5.74) is 1.63. The van der Waals surface area contributed by atoms with Crippen molar-refractivity contribution in [3.8, 4) is 6.07 Å². The molecule has 0 unspecified atom stereocenters. The number of rotatable bonds is 4. The number of nitrogens with zero attached hydrogens (tertiary/aromatic N) is 4. The van der Waals surface area contributed by atoms with Crippen molar-refractivity contribution in [3.63, 3.8) is 0 Å². The normalized spacial score (nSPS) is 26.2. The molecule has 130 valence electrons. The Labute approximate surface area is 148 Å². The van der Waals surface area contributed by atoms with Crippen LogP contribution in [0.25, 0.3) is 0 Å². The SMILES string of the molecule is Cn1ccnc1CN1CC[C@@]2(C[C@@H](Nc3cccc(C#N)c3)CO2)C1. The van der Waals surface area contributed by atoms with Crippen LogP contribution in [0.5, 0.6) is 0 Å². The Kier molecular flexibility index (Phi) is 4.20. The van der Waals surface area contributed by atoms with Crippen molar-refractivity contribution < 1.29 is 4.74 Å². The predicted octanol–water partition coefficient (Wildman–Crippen LogP) is 2.14. The van der Waals surface area contributed by atoms with Gasteiger partial charge in [-0.25, -0.2) is 4.98 Å². The largest absolute Gasteiger partial charge is 0.380 e. The van der Waals surface area contributed by atoms with Crippen molar-refractivity contribution in [2.45, 2.75) is 31.0 Å². The number of nitrogens with one attached hydrogen (secondary N) is 1. The predicted molar refractivity (Wildman–Crippen MR) is 95.0 cm³/mol. The maximum Gasteiger partial charge on any atom is 0.122 e. The summed E-state index contributed by atoms with van der Waals surface area (Å²) in [6, 6.07) is 10.1. The molecule has 2 aliphatic heterocycles. The van der Waals surface area contributed by atoms with Crippen molar-refractivity contribution in [1.29, 1.82) is 5.26 Å². The third-order valence-corrected chi connectivity index (χ3v) is 5.25. The summed E-state index contributed by atoms with van der Waals surface area (Å²) in [5.74, 6) is 1.10. The molecule has 1 aromatic carbocycles. The molecule has 3 heterocycles. The Morgan fingerprint density at radius 3 is 3.20 bits per heavy atom. The van der Waals surface area contributed by atoms with E-state index in [1.165, 1.54) is 0 Å². The molecule has 0 amide bonds. The van der Waals surface area contributed by atoms with E-state index in [2.05, 4.69) is 25.8 Å². The molecule has 6 heteroatoms. The first-order valence-electron chi connectivity index (χ1n) is 8.75. The first-order valence-corrected chi connectivity index (χ1v) is 8.75. The quantitative estimate of drug-likeness (QED) is 0.926. The number of nitriles is 1. The lowest BCUT2D eigenvalue weighted by atomic mass is 9.97. The van der Waals surface area contributed by atoms with Crippen LogP contribution in [0.15, 0.2) is 36.7 Å². The molecular formula is C19H23N5O. The molecule has 0 radical (unpaired) electrons. The Morgan fingerprint density at radius 2 is 2.40 bits per heavy atom. The van der Waals surface area contributed by atoms with Crippen LogP contribution >= 0.6 is 0 Å². The van der Waals surface area contributed by atoms with E-state index in [-0.39, 0.29) is 5.60 Å². The molecular weight excluding hydrogens is 314 g/mol. The molecule has 2 fully saturated rings. The number of imidazole rings is 1. The van der Waals surface area contributed by atoms with E-state index >= 15 is 0 Å². The molecule has 0 aliphatic carbocycles. The summed E-state index contributed by atoms with van der Waals surface area (Å²) < 4.78 is 8.30. The summed E-state index contributed by atoms with van der Waals surface area (Å²) in [4.78, 5) is 6.85. The second-order valence-corrected chi connectivity index (χ2v) is 7.15. The van der Waals surface area contributed by atoms with Gasteiger partial charge in [0.05, 0.1) is 36.4 Å². The second kappa shape index (κ2) is 6.51. The van der Waals surface area contributed by atoms with E-state index in [1.807, 2.05) is 43.7 Å². The Hall–Kier alpha value is -2.36. The highest BCUT2D eigenvalue weighted by Crippen LogP contribution is 2.36. The van der Waals surface area contributed by atoms with E-state index in [9.17, 15) is 0 Å². The minimum absolute atomic E-state index is 0.0460. The van der Waals surface area contributed by atoms with E-state index in [0.717, 1.165) is 44.0 Å². The van der Waals surface area contributed by atoms with Crippen LogP contribution < -0.4 is 5.32 Å². The average Bonchev–Trinajstić information content (AvgIpc) is 3.31. The van der Waals surface area contributed by atoms with E-state index < -0.39 is 0 Å². The van der Waals surface area contributed by atoms with Gasteiger partial charge < -0.3 is 14.6 Å². The van der Waals surface area contributed by atoms with Crippen molar-refractivity contribution in [2.24, 2.45) is 7.05 Å². The Balaban J connectivity index is 1.36. The lowest BCUT2D eigenvalue weighted by molar-refractivity contribution is 0.0117. The third-order valence-electron chi connectivity index (χ3n) is 5.25. The fraction of sp³-hybridized carbons (Fsp3) is 0.474. The van der Waals surface area contributed by atoms with Gasteiger partial charge in [-0.2, -0.15) is 5.26 Å². The minimum atomic E-state index is -0.0460. The van der Waals surface area contributed by atoms with Gasteiger partial charge in [-0.1, -0.05) is 6.07 Å². The number of likely N-dealkylation sites (tertiary alicyclic amines) is 1. The van der Waals surface area contributed by atoms with E-state index in [4.69, 9.17) is 10.00 Å². The summed E-state index contributed by atoms with van der Waals surface area (Å²) in [5, 5.41) is 12.6. The lowest BCUT2D eigenvalue weighted by Gasteiger charge is -2.23. The van der Waals surface area contributed by atoms with Crippen molar-refractivity contribution in [3.05, 3.63) is 48.0 Å². The third kappa shape index (κ3) is 3.39. The number of benzene rings is 1.